The maximum absolute atomic E-state index is 12.8. The van der Waals surface area contributed by atoms with Gasteiger partial charge >= 0.3 is 5.97 Å². The van der Waals surface area contributed by atoms with Crippen LogP contribution in [0.2, 0.25) is 0 Å². The van der Waals surface area contributed by atoms with Crippen LogP contribution in [0.1, 0.15) is 6.92 Å². The summed E-state index contributed by atoms with van der Waals surface area (Å²) < 4.78 is 17.3. The molecular weight excluding hydrogens is 149 g/mol. The first kappa shape index (κ1) is 8.20. The van der Waals surface area contributed by atoms with Crippen LogP contribution in [0.3, 0.4) is 0 Å². The van der Waals surface area contributed by atoms with Crippen molar-refractivity contribution in [3.05, 3.63) is 11.4 Å². The molecular formula is C7H10FNO2. The van der Waals surface area contributed by atoms with Gasteiger partial charge in [0.25, 0.3) is 0 Å². The lowest BCUT2D eigenvalue weighted by molar-refractivity contribution is -0.140. The number of nitrogens with one attached hydrogen (secondary N) is 1. The fourth-order valence-corrected chi connectivity index (χ4v) is 0.744. The van der Waals surface area contributed by atoms with Crippen molar-refractivity contribution >= 4 is 5.97 Å². The number of hydrogen-bond donors (Lipinski definition) is 1. The average molecular weight is 159 g/mol. The Morgan fingerprint density at radius 3 is 2.73 bits per heavy atom. The average Bonchev–Trinajstić information content (AvgIpc) is 1.84. The van der Waals surface area contributed by atoms with Crippen LogP contribution in [0.25, 0.3) is 0 Å². The normalized spacial score (nSPS) is 15.6. The summed E-state index contributed by atoms with van der Waals surface area (Å²) in [7, 11) is 0. The molecule has 1 saturated heterocycles. The lowest BCUT2D eigenvalue weighted by Crippen LogP contribution is -2.35. The summed E-state index contributed by atoms with van der Waals surface area (Å²) in [5.74, 6) is -1.57. The van der Waals surface area contributed by atoms with Crippen molar-refractivity contribution in [2.45, 2.75) is 6.92 Å². The Morgan fingerprint density at radius 1 is 1.73 bits per heavy atom. The Kier molecular flexibility index (Phi) is 2.59. The summed E-state index contributed by atoms with van der Waals surface area (Å²) in [6.45, 7) is 2.79. The summed E-state index contributed by atoms with van der Waals surface area (Å²) in [5, 5.41) is 2.83. The van der Waals surface area contributed by atoms with Crippen molar-refractivity contribution in [1.82, 2.24) is 5.32 Å². The molecule has 0 spiro atoms. The lowest BCUT2D eigenvalue weighted by atomic mass is 10.1. The highest BCUT2D eigenvalue weighted by Gasteiger charge is 2.20. The molecule has 0 radical (unpaired) electrons. The van der Waals surface area contributed by atoms with E-state index in [1.54, 1.807) is 6.92 Å². The minimum absolute atomic E-state index is 0.215. The predicted octanol–water partition coefficient (Wildman–Crippen LogP) is 0.376. The Bertz CT molecular complexity index is 195. The van der Waals surface area contributed by atoms with Gasteiger partial charge in [-0.2, -0.15) is 4.39 Å². The molecule has 11 heavy (non-hydrogen) atoms. The van der Waals surface area contributed by atoms with Gasteiger partial charge in [0.05, 0.1) is 6.61 Å². The van der Waals surface area contributed by atoms with E-state index in [0.717, 1.165) is 0 Å². The van der Waals surface area contributed by atoms with Crippen LogP contribution in [-0.4, -0.2) is 25.7 Å². The van der Waals surface area contributed by atoms with Crippen molar-refractivity contribution < 1.29 is 13.9 Å². The second-order valence-electron chi connectivity index (χ2n) is 2.24. The van der Waals surface area contributed by atoms with Gasteiger partial charge in [0.2, 0.25) is 5.83 Å². The molecule has 1 rings (SSSR count). The fourth-order valence-electron chi connectivity index (χ4n) is 0.744. The van der Waals surface area contributed by atoms with E-state index in [1.165, 1.54) is 0 Å². The largest absolute Gasteiger partial charge is 0.461 e. The summed E-state index contributed by atoms with van der Waals surface area (Å²) >= 11 is 0. The molecule has 1 aliphatic heterocycles. The predicted molar refractivity (Wildman–Crippen MR) is 37.6 cm³/mol. The van der Waals surface area contributed by atoms with Crippen molar-refractivity contribution in [2.24, 2.45) is 0 Å². The second kappa shape index (κ2) is 3.48. The Balaban J connectivity index is 2.51. The Morgan fingerprint density at radius 2 is 2.36 bits per heavy atom. The molecule has 0 unspecified atom stereocenters. The summed E-state index contributed by atoms with van der Waals surface area (Å²) in [4.78, 5) is 10.7. The third-order valence-corrected chi connectivity index (χ3v) is 1.44. The SMILES string of the molecule is CCOC(=O)C(F)=C1CNC1. The van der Waals surface area contributed by atoms with Gasteiger partial charge in [0.1, 0.15) is 0 Å². The van der Waals surface area contributed by atoms with Crippen molar-refractivity contribution in [1.29, 1.82) is 0 Å². The van der Waals surface area contributed by atoms with E-state index in [-0.39, 0.29) is 6.61 Å². The maximum Gasteiger partial charge on any atom is 0.367 e. The molecule has 1 aliphatic rings. The molecule has 0 amide bonds. The first-order valence-corrected chi connectivity index (χ1v) is 3.51. The number of ether oxygens (including phenoxy) is 1. The highest BCUT2D eigenvalue weighted by Crippen LogP contribution is 2.11. The van der Waals surface area contributed by atoms with Gasteiger partial charge in [-0.15, -0.1) is 0 Å². The lowest BCUT2D eigenvalue weighted by Gasteiger charge is -2.18. The van der Waals surface area contributed by atoms with E-state index >= 15 is 0 Å². The monoisotopic (exact) mass is 159 g/mol. The fraction of sp³-hybridized carbons (Fsp3) is 0.571. The quantitative estimate of drug-likeness (QED) is 0.467. The van der Waals surface area contributed by atoms with Crippen molar-refractivity contribution in [3.8, 4) is 0 Å². The molecule has 1 fully saturated rings. The minimum Gasteiger partial charge on any atom is -0.461 e. The summed E-state index contributed by atoms with van der Waals surface area (Å²) in [6.07, 6.45) is 0. The molecule has 0 aromatic carbocycles. The molecule has 0 aliphatic carbocycles. The molecule has 0 bridgehead atoms. The molecule has 0 aromatic heterocycles. The zero-order chi connectivity index (χ0) is 8.27. The van der Waals surface area contributed by atoms with Gasteiger partial charge < -0.3 is 10.1 Å². The number of esters is 1. The van der Waals surface area contributed by atoms with Crippen molar-refractivity contribution in [3.63, 3.8) is 0 Å². The van der Waals surface area contributed by atoms with Gasteiger partial charge in [-0.05, 0) is 6.92 Å². The number of carbonyl (C=O) groups is 1. The minimum atomic E-state index is -0.844. The third-order valence-electron chi connectivity index (χ3n) is 1.44. The van der Waals surface area contributed by atoms with Crippen LogP contribution in [0.4, 0.5) is 4.39 Å². The van der Waals surface area contributed by atoms with E-state index in [0.29, 0.717) is 18.7 Å². The Hall–Kier alpha value is -0.900. The van der Waals surface area contributed by atoms with Gasteiger partial charge in [-0.25, -0.2) is 4.79 Å². The molecule has 62 valence electrons. The van der Waals surface area contributed by atoms with E-state index in [9.17, 15) is 9.18 Å². The van der Waals surface area contributed by atoms with E-state index in [1.807, 2.05) is 0 Å². The van der Waals surface area contributed by atoms with Gasteiger partial charge in [0.15, 0.2) is 0 Å². The van der Waals surface area contributed by atoms with E-state index in [2.05, 4.69) is 10.1 Å². The maximum atomic E-state index is 12.8. The van der Waals surface area contributed by atoms with Crippen LogP contribution in [-0.2, 0) is 9.53 Å². The van der Waals surface area contributed by atoms with Crippen LogP contribution >= 0.6 is 0 Å². The summed E-state index contributed by atoms with van der Waals surface area (Å²) in [5.41, 5.74) is 0.503. The molecule has 0 aromatic rings. The van der Waals surface area contributed by atoms with Gasteiger partial charge in [-0.1, -0.05) is 0 Å². The number of halogens is 1. The highest BCUT2D eigenvalue weighted by atomic mass is 19.1. The zero-order valence-corrected chi connectivity index (χ0v) is 6.32. The first-order chi connectivity index (χ1) is 5.25. The van der Waals surface area contributed by atoms with E-state index in [4.69, 9.17) is 0 Å². The van der Waals surface area contributed by atoms with Crippen molar-refractivity contribution in [2.75, 3.05) is 19.7 Å². The van der Waals surface area contributed by atoms with Crippen LogP contribution < -0.4 is 5.32 Å². The van der Waals surface area contributed by atoms with Crippen LogP contribution in [0.15, 0.2) is 11.4 Å². The number of rotatable bonds is 2. The topological polar surface area (TPSA) is 38.3 Å². The number of hydrogen-bond acceptors (Lipinski definition) is 3. The Labute approximate surface area is 64.2 Å². The standard InChI is InChI=1S/C7H10FNO2/c1-2-11-7(10)6(8)5-3-9-4-5/h9H,2-4H2,1H3. The van der Waals surface area contributed by atoms with E-state index < -0.39 is 11.8 Å². The van der Waals surface area contributed by atoms with Crippen LogP contribution in [0.5, 0.6) is 0 Å². The zero-order valence-electron chi connectivity index (χ0n) is 6.32. The first-order valence-electron chi connectivity index (χ1n) is 3.51. The van der Waals surface area contributed by atoms with Gasteiger partial charge in [0, 0.05) is 18.7 Å². The third kappa shape index (κ3) is 1.77. The van der Waals surface area contributed by atoms with Crippen LogP contribution in [0, 0.1) is 0 Å². The molecule has 0 atom stereocenters. The molecule has 0 saturated carbocycles. The molecule has 3 nitrogen and oxygen atoms in total. The summed E-state index contributed by atoms with van der Waals surface area (Å²) in [6, 6.07) is 0. The molecule has 1 heterocycles. The van der Waals surface area contributed by atoms with Gasteiger partial charge in [-0.3, -0.25) is 0 Å². The number of carbonyl (C=O) groups excluding carboxylic acids is 1. The molecule has 1 N–H and O–H groups in total. The second-order valence-corrected chi connectivity index (χ2v) is 2.24. The smallest absolute Gasteiger partial charge is 0.367 e. The molecule has 4 heteroatoms. The highest BCUT2D eigenvalue weighted by molar-refractivity contribution is 5.87.